The molecular formula is C22H31N5O3. The molecule has 2 heterocycles. The first kappa shape index (κ1) is 21.7. The summed E-state index contributed by atoms with van der Waals surface area (Å²) in [6, 6.07) is 9.82. The molecule has 2 N–H and O–H groups in total. The molecule has 0 bridgehead atoms. The fourth-order valence-electron chi connectivity index (χ4n) is 3.22. The van der Waals surface area contributed by atoms with Gasteiger partial charge in [0.2, 0.25) is 5.89 Å². The Morgan fingerprint density at radius 3 is 2.80 bits per heavy atom. The minimum Gasteiger partial charge on any atom is -0.444 e. The van der Waals surface area contributed by atoms with Crippen LogP contribution < -0.4 is 10.6 Å². The predicted molar refractivity (Wildman–Crippen MR) is 116 cm³/mol. The van der Waals surface area contributed by atoms with E-state index in [-0.39, 0.29) is 12.1 Å². The number of rotatable bonds is 5. The van der Waals surface area contributed by atoms with Crippen molar-refractivity contribution in [1.82, 2.24) is 20.5 Å². The van der Waals surface area contributed by atoms with Crippen molar-refractivity contribution in [3.8, 4) is 11.5 Å². The zero-order valence-corrected chi connectivity index (χ0v) is 18.1. The number of carbonyl (C=O) groups is 1. The van der Waals surface area contributed by atoms with E-state index < -0.39 is 5.60 Å². The second kappa shape index (κ2) is 9.65. The van der Waals surface area contributed by atoms with Crippen molar-refractivity contribution in [3.05, 3.63) is 42.3 Å². The van der Waals surface area contributed by atoms with Crippen molar-refractivity contribution >= 4 is 12.1 Å². The molecule has 1 amide bonds. The first-order valence-electron chi connectivity index (χ1n) is 10.4. The molecule has 1 aliphatic heterocycles. The minimum atomic E-state index is -0.505. The SMILES string of the molecule is CCNC(=NCc1coc(-c2ccccc2)n1)N1CCC(NC(=O)OC(C)(C)C)C1. The summed E-state index contributed by atoms with van der Waals surface area (Å²) in [6.07, 6.45) is 2.10. The van der Waals surface area contributed by atoms with Crippen LogP contribution in [0.4, 0.5) is 4.79 Å². The second-order valence-corrected chi connectivity index (χ2v) is 8.26. The maximum absolute atomic E-state index is 12.0. The number of carbonyl (C=O) groups excluding carboxylic acids is 1. The average Bonchev–Trinajstić information content (AvgIpc) is 3.34. The van der Waals surface area contributed by atoms with Crippen molar-refractivity contribution in [3.63, 3.8) is 0 Å². The van der Waals surface area contributed by atoms with Crippen LogP contribution in [0.5, 0.6) is 0 Å². The van der Waals surface area contributed by atoms with Gasteiger partial charge in [0.05, 0.1) is 12.6 Å². The topological polar surface area (TPSA) is 92.0 Å². The fourth-order valence-corrected chi connectivity index (χ4v) is 3.22. The molecule has 8 nitrogen and oxygen atoms in total. The number of guanidine groups is 1. The zero-order chi connectivity index (χ0) is 21.6. The highest BCUT2D eigenvalue weighted by atomic mass is 16.6. The molecule has 0 aliphatic carbocycles. The van der Waals surface area contributed by atoms with E-state index in [9.17, 15) is 4.79 Å². The van der Waals surface area contributed by atoms with E-state index in [0.29, 0.717) is 19.0 Å². The van der Waals surface area contributed by atoms with Crippen LogP contribution in [0.1, 0.15) is 39.8 Å². The number of ether oxygens (including phenoxy) is 1. The third-order valence-corrected chi connectivity index (χ3v) is 4.51. The summed E-state index contributed by atoms with van der Waals surface area (Å²) in [4.78, 5) is 23.4. The van der Waals surface area contributed by atoms with Crippen LogP contribution in [0.3, 0.4) is 0 Å². The lowest BCUT2D eigenvalue weighted by Crippen LogP contribution is -2.44. The van der Waals surface area contributed by atoms with Gasteiger partial charge < -0.3 is 24.7 Å². The molecule has 1 unspecified atom stereocenters. The van der Waals surface area contributed by atoms with Gasteiger partial charge in [0.25, 0.3) is 0 Å². The van der Waals surface area contributed by atoms with Crippen LogP contribution in [0.15, 0.2) is 46.0 Å². The van der Waals surface area contributed by atoms with Crippen molar-refractivity contribution in [1.29, 1.82) is 0 Å². The molecule has 162 valence electrons. The average molecular weight is 414 g/mol. The first-order chi connectivity index (χ1) is 14.3. The summed E-state index contributed by atoms with van der Waals surface area (Å²) >= 11 is 0. The van der Waals surface area contributed by atoms with E-state index in [1.807, 2.05) is 58.0 Å². The number of alkyl carbamates (subject to hydrolysis) is 1. The Labute approximate surface area is 177 Å². The maximum Gasteiger partial charge on any atom is 0.407 e. The molecule has 1 atom stereocenters. The molecule has 1 aromatic carbocycles. The molecule has 1 saturated heterocycles. The second-order valence-electron chi connectivity index (χ2n) is 8.26. The number of hydrogen-bond acceptors (Lipinski definition) is 5. The molecule has 0 spiro atoms. The van der Waals surface area contributed by atoms with Crippen molar-refractivity contribution in [2.24, 2.45) is 4.99 Å². The van der Waals surface area contributed by atoms with Crippen LogP contribution in [0.2, 0.25) is 0 Å². The quantitative estimate of drug-likeness (QED) is 0.577. The number of benzene rings is 1. The summed E-state index contributed by atoms with van der Waals surface area (Å²) in [5.41, 5.74) is 1.21. The number of hydrogen-bond donors (Lipinski definition) is 2. The van der Waals surface area contributed by atoms with Crippen molar-refractivity contribution in [2.45, 2.75) is 52.3 Å². The van der Waals surface area contributed by atoms with Crippen LogP contribution in [0.25, 0.3) is 11.5 Å². The fraction of sp³-hybridized carbons (Fsp3) is 0.500. The van der Waals surface area contributed by atoms with E-state index in [4.69, 9.17) is 14.1 Å². The highest BCUT2D eigenvalue weighted by molar-refractivity contribution is 5.80. The Morgan fingerprint density at radius 2 is 2.10 bits per heavy atom. The predicted octanol–water partition coefficient (Wildman–Crippen LogP) is 3.41. The van der Waals surface area contributed by atoms with E-state index >= 15 is 0 Å². The highest BCUT2D eigenvalue weighted by Crippen LogP contribution is 2.18. The third kappa shape index (κ3) is 6.23. The highest BCUT2D eigenvalue weighted by Gasteiger charge is 2.27. The first-order valence-corrected chi connectivity index (χ1v) is 10.4. The summed E-state index contributed by atoms with van der Waals surface area (Å²) in [5, 5.41) is 6.26. The third-order valence-electron chi connectivity index (χ3n) is 4.51. The number of nitrogens with one attached hydrogen (secondary N) is 2. The van der Waals surface area contributed by atoms with Gasteiger partial charge in [-0.3, -0.25) is 0 Å². The molecule has 8 heteroatoms. The minimum absolute atomic E-state index is 0.0282. The largest absolute Gasteiger partial charge is 0.444 e. The molecule has 0 radical (unpaired) electrons. The van der Waals surface area contributed by atoms with E-state index in [0.717, 1.165) is 36.7 Å². The van der Waals surface area contributed by atoms with Crippen LogP contribution in [0, 0.1) is 0 Å². The molecule has 0 saturated carbocycles. The van der Waals surface area contributed by atoms with Gasteiger partial charge in [-0.1, -0.05) is 18.2 Å². The Hall–Kier alpha value is -3.03. The molecule has 30 heavy (non-hydrogen) atoms. The summed E-state index contributed by atoms with van der Waals surface area (Å²) in [6.45, 7) is 10.3. The van der Waals surface area contributed by atoms with Crippen molar-refractivity contribution in [2.75, 3.05) is 19.6 Å². The van der Waals surface area contributed by atoms with Crippen LogP contribution >= 0.6 is 0 Å². The van der Waals surface area contributed by atoms with Gasteiger partial charge in [0, 0.05) is 25.2 Å². The van der Waals surface area contributed by atoms with E-state index in [1.54, 1.807) is 6.26 Å². The van der Waals surface area contributed by atoms with Gasteiger partial charge in [-0.05, 0) is 46.2 Å². The number of aromatic nitrogens is 1. The van der Waals surface area contributed by atoms with Gasteiger partial charge in [-0.15, -0.1) is 0 Å². The Morgan fingerprint density at radius 1 is 1.33 bits per heavy atom. The molecule has 1 aromatic heterocycles. The van der Waals surface area contributed by atoms with Gasteiger partial charge in [-0.25, -0.2) is 14.8 Å². The van der Waals surface area contributed by atoms with E-state index in [1.165, 1.54) is 0 Å². The lowest BCUT2D eigenvalue weighted by atomic mass is 10.2. The lowest BCUT2D eigenvalue weighted by molar-refractivity contribution is 0.0507. The van der Waals surface area contributed by atoms with Gasteiger partial charge >= 0.3 is 6.09 Å². The Bertz CT molecular complexity index is 857. The Kier molecular flexibility index (Phi) is 6.97. The number of nitrogens with zero attached hydrogens (tertiary/aromatic N) is 3. The number of likely N-dealkylation sites (tertiary alicyclic amines) is 1. The zero-order valence-electron chi connectivity index (χ0n) is 18.1. The molecule has 1 aliphatic rings. The molecular weight excluding hydrogens is 382 g/mol. The number of oxazole rings is 1. The van der Waals surface area contributed by atoms with E-state index in [2.05, 4.69) is 20.5 Å². The summed E-state index contributed by atoms with van der Waals surface area (Å²) in [5.74, 6) is 1.39. The molecule has 2 aromatic rings. The standard InChI is InChI=1S/C22H31N5O3/c1-5-23-20(27-12-11-17(14-27)26-21(28)30-22(2,3)4)24-13-18-15-29-19(25-18)16-9-7-6-8-10-16/h6-10,15,17H,5,11-14H2,1-4H3,(H,23,24)(H,26,28). The Balaban J connectivity index is 1.59. The van der Waals surface area contributed by atoms with Crippen LogP contribution in [-0.2, 0) is 11.3 Å². The number of amides is 1. The normalized spacial score (nSPS) is 17.1. The molecule has 1 fully saturated rings. The summed E-state index contributed by atoms with van der Waals surface area (Å²) < 4.78 is 10.9. The van der Waals surface area contributed by atoms with Gasteiger partial charge in [0.1, 0.15) is 17.6 Å². The van der Waals surface area contributed by atoms with Crippen molar-refractivity contribution < 1.29 is 13.9 Å². The van der Waals surface area contributed by atoms with Gasteiger partial charge in [0.15, 0.2) is 5.96 Å². The monoisotopic (exact) mass is 413 g/mol. The maximum atomic E-state index is 12.0. The summed E-state index contributed by atoms with van der Waals surface area (Å²) in [7, 11) is 0. The molecule has 3 rings (SSSR count). The number of aliphatic imine (C=N–C) groups is 1. The lowest BCUT2D eigenvalue weighted by Gasteiger charge is -2.23. The van der Waals surface area contributed by atoms with Gasteiger partial charge in [-0.2, -0.15) is 0 Å². The smallest absolute Gasteiger partial charge is 0.407 e. The van der Waals surface area contributed by atoms with Crippen LogP contribution in [-0.4, -0.2) is 53.2 Å².